The Hall–Kier alpha value is -0.820. The maximum absolute atomic E-state index is 5.83. The zero-order valence-electron chi connectivity index (χ0n) is 10.4. The van der Waals surface area contributed by atoms with E-state index in [0.29, 0.717) is 0 Å². The van der Waals surface area contributed by atoms with Gasteiger partial charge in [-0.25, -0.2) is 0 Å². The van der Waals surface area contributed by atoms with E-state index in [4.69, 9.17) is 4.74 Å². The summed E-state index contributed by atoms with van der Waals surface area (Å²) in [6, 6.07) is 10.7. The van der Waals surface area contributed by atoms with Gasteiger partial charge in [0.25, 0.3) is 0 Å². The molecule has 0 heterocycles. The van der Waals surface area contributed by atoms with Crippen molar-refractivity contribution in [2.24, 2.45) is 5.92 Å². The summed E-state index contributed by atoms with van der Waals surface area (Å²) in [4.78, 5) is 0. The molecule has 0 saturated heterocycles. The standard InChI is InChI=1S/C15H22O/c1-13-8-10-15(16-2,11-9-13)12-14-6-4-3-5-7-14/h3-7,13H,8-12H2,1-2H3. The molecule has 1 aliphatic rings. The maximum atomic E-state index is 5.83. The van der Waals surface area contributed by atoms with Gasteiger partial charge >= 0.3 is 0 Å². The van der Waals surface area contributed by atoms with E-state index in [1.165, 1.54) is 31.2 Å². The number of hydrogen-bond donors (Lipinski definition) is 0. The molecule has 16 heavy (non-hydrogen) atoms. The molecule has 0 amide bonds. The third kappa shape index (κ3) is 2.65. The van der Waals surface area contributed by atoms with Crippen LogP contribution < -0.4 is 0 Å². The summed E-state index contributed by atoms with van der Waals surface area (Å²) in [6.45, 7) is 2.35. The highest BCUT2D eigenvalue weighted by molar-refractivity contribution is 5.17. The van der Waals surface area contributed by atoms with Crippen LogP contribution in [0.5, 0.6) is 0 Å². The Balaban J connectivity index is 2.05. The van der Waals surface area contributed by atoms with Crippen molar-refractivity contribution in [2.45, 2.75) is 44.6 Å². The molecule has 1 fully saturated rings. The first-order valence-electron chi connectivity index (χ1n) is 6.33. The van der Waals surface area contributed by atoms with Crippen molar-refractivity contribution in [3.05, 3.63) is 35.9 Å². The van der Waals surface area contributed by atoms with Crippen molar-refractivity contribution < 1.29 is 4.74 Å². The summed E-state index contributed by atoms with van der Waals surface area (Å²) in [6.07, 6.45) is 6.09. The Morgan fingerprint density at radius 3 is 2.38 bits per heavy atom. The molecule has 1 nitrogen and oxygen atoms in total. The van der Waals surface area contributed by atoms with Crippen molar-refractivity contribution in [3.63, 3.8) is 0 Å². The molecule has 1 aliphatic carbocycles. The summed E-state index contributed by atoms with van der Waals surface area (Å²) >= 11 is 0. The van der Waals surface area contributed by atoms with Gasteiger partial charge in [0.2, 0.25) is 0 Å². The highest BCUT2D eigenvalue weighted by Crippen LogP contribution is 2.36. The topological polar surface area (TPSA) is 9.23 Å². The van der Waals surface area contributed by atoms with Crippen LogP contribution in [-0.4, -0.2) is 12.7 Å². The molecule has 1 saturated carbocycles. The Kier molecular flexibility index (Phi) is 3.65. The van der Waals surface area contributed by atoms with E-state index in [-0.39, 0.29) is 5.60 Å². The molecule has 0 unspecified atom stereocenters. The number of benzene rings is 1. The average Bonchev–Trinajstić information content (AvgIpc) is 2.34. The monoisotopic (exact) mass is 218 g/mol. The second kappa shape index (κ2) is 5.01. The number of methoxy groups -OCH3 is 1. The van der Waals surface area contributed by atoms with Crippen molar-refractivity contribution in [2.75, 3.05) is 7.11 Å². The lowest BCUT2D eigenvalue weighted by Gasteiger charge is -2.38. The lowest BCUT2D eigenvalue weighted by Crippen LogP contribution is -2.38. The van der Waals surface area contributed by atoms with Crippen molar-refractivity contribution >= 4 is 0 Å². The molecule has 0 atom stereocenters. The first-order valence-corrected chi connectivity index (χ1v) is 6.33. The summed E-state index contributed by atoms with van der Waals surface area (Å²) in [5.41, 5.74) is 1.51. The van der Waals surface area contributed by atoms with Crippen LogP contribution in [-0.2, 0) is 11.2 Å². The van der Waals surface area contributed by atoms with Crippen LogP contribution >= 0.6 is 0 Å². The summed E-state index contributed by atoms with van der Waals surface area (Å²) in [5, 5.41) is 0. The Bertz CT molecular complexity index is 309. The minimum absolute atomic E-state index is 0.105. The lowest BCUT2D eigenvalue weighted by molar-refractivity contribution is -0.0469. The third-order valence-electron chi connectivity index (χ3n) is 3.99. The van der Waals surface area contributed by atoms with Gasteiger partial charge in [0.05, 0.1) is 5.60 Å². The Morgan fingerprint density at radius 2 is 1.81 bits per heavy atom. The van der Waals surface area contributed by atoms with Crippen molar-refractivity contribution in [1.29, 1.82) is 0 Å². The largest absolute Gasteiger partial charge is 0.378 e. The van der Waals surface area contributed by atoms with Gasteiger partial charge in [-0.15, -0.1) is 0 Å². The number of hydrogen-bond acceptors (Lipinski definition) is 1. The van der Waals surface area contributed by atoms with Crippen molar-refractivity contribution in [1.82, 2.24) is 0 Å². The Morgan fingerprint density at radius 1 is 1.19 bits per heavy atom. The van der Waals surface area contributed by atoms with Gasteiger partial charge in [-0.05, 0) is 37.2 Å². The summed E-state index contributed by atoms with van der Waals surface area (Å²) in [7, 11) is 1.87. The highest BCUT2D eigenvalue weighted by atomic mass is 16.5. The quantitative estimate of drug-likeness (QED) is 0.749. The van der Waals surface area contributed by atoms with Crippen LogP contribution in [0.25, 0.3) is 0 Å². The van der Waals surface area contributed by atoms with E-state index >= 15 is 0 Å². The van der Waals surface area contributed by atoms with Gasteiger partial charge in [-0.3, -0.25) is 0 Å². The van der Waals surface area contributed by atoms with E-state index in [2.05, 4.69) is 37.3 Å². The third-order valence-corrected chi connectivity index (χ3v) is 3.99. The smallest absolute Gasteiger partial charge is 0.0719 e. The van der Waals surface area contributed by atoms with E-state index in [1.54, 1.807) is 0 Å². The minimum atomic E-state index is 0.105. The zero-order chi connectivity index (χ0) is 11.4. The van der Waals surface area contributed by atoms with Gasteiger partial charge in [-0.2, -0.15) is 0 Å². The minimum Gasteiger partial charge on any atom is -0.378 e. The fraction of sp³-hybridized carbons (Fsp3) is 0.600. The fourth-order valence-corrected chi connectivity index (χ4v) is 2.71. The first-order chi connectivity index (χ1) is 7.74. The van der Waals surface area contributed by atoms with Gasteiger partial charge in [0.1, 0.15) is 0 Å². The maximum Gasteiger partial charge on any atom is 0.0719 e. The van der Waals surface area contributed by atoms with E-state index < -0.39 is 0 Å². The van der Waals surface area contributed by atoms with E-state index in [1.807, 2.05) is 7.11 Å². The van der Waals surface area contributed by atoms with Crippen LogP contribution in [0.1, 0.15) is 38.2 Å². The van der Waals surface area contributed by atoms with E-state index in [0.717, 1.165) is 12.3 Å². The van der Waals surface area contributed by atoms with Gasteiger partial charge < -0.3 is 4.74 Å². The summed E-state index contributed by atoms with van der Waals surface area (Å²) < 4.78 is 5.83. The normalized spacial score (nSPS) is 30.2. The molecule has 0 aromatic heterocycles. The molecule has 0 spiro atoms. The molecule has 0 N–H and O–H groups in total. The van der Waals surface area contributed by atoms with Crippen LogP contribution in [0, 0.1) is 5.92 Å². The second-order valence-corrected chi connectivity index (χ2v) is 5.23. The Labute approximate surface area is 98.8 Å². The van der Waals surface area contributed by atoms with Crippen LogP contribution in [0.4, 0.5) is 0 Å². The first kappa shape index (κ1) is 11.7. The molecule has 1 aromatic carbocycles. The SMILES string of the molecule is COC1(Cc2ccccc2)CCC(C)CC1. The predicted molar refractivity (Wildman–Crippen MR) is 67.5 cm³/mol. The van der Waals surface area contributed by atoms with Gasteiger partial charge in [0.15, 0.2) is 0 Å². The van der Waals surface area contributed by atoms with Crippen LogP contribution in [0.3, 0.4) is 0 Å². The van der Waals surface area contributed by atoms with Gasteiger partial charge in [-0.1, -0.05) is 37.3 Å². The molecule has 0 radical (unpaired) electrons. The molecule has 88 valence electrons. The average molecular weight is 218 g/mol. The van der Waals surface area contributed by atoms with E-state index in [9.17, 15) is 0 Å². The fourth-order valence-electron chi connectivity index (χ4n) is 2.71. The van der Waals surface area contributed by atoms with Gasteiger partial charge in [0, 0.05) is 13.5 Å². The molecule has 0 bridgehead atoms. The highest BCUT2D eigenvalue weighted by Gasteiger charge is 2.33. The van der Waals surface area contributed by atoms with Crippen molar-refractivity contribution in [3.8, 4) is 0 Å². The molecule has 2 rings (SSSR count). The molecule has 0 aliphatic heterocycles. The molecular weight excluding hydrogens is 196 g/mol. The second-order valence-electron chi connectivity index (χ2n) is 5.23. The number of ether oxygens (including phenoxy) is 1. The predicted octanol–water partition coefficient (Wildman–Crippen LogP) is 3.82. The zero-order valence-corrected chi connectivity index (χ0v) is 10.4. The molecular formula is C15H22O. The molecule has 1 heteroatoms. The molecule has 1 aromatic rings. The number of rotatable bonds is 3. The lowest BCUT2D eigenvalue weighted by atomic mass is 9.76. The van der Waals surface area contributed by atoms with Crippen LogP contribution in [0.15, 0.2) is 30.3 Å². The van der Waals surface area contributed by atoms with Crippen LogP contribution in [0.2, 0.25) is 0 Å². The summed E-state index contributed by atoms with van der Waals surface area (Å²) in [5.74, 6) is 0.874.